The topological polar surface area (TPSA) is 63.5 Å². The third kappa shape index (κ3) is 4.21. The number of thioether (sulfide) groups is 1. The minimum Gasteiger partial charge on any atom is -0.495 e. The summed E-state index contributed by atoms with van der Waals surface area (Å²) in [4.78, 5) is 16.2. The second kappa shape index (κ2) is 8.65. The van der Waals surface area contributed by atoms with E-state index in [4.69, 9.17) is 4.74 Å². The van der Waals surface area contributed by atoms with Crippen molar-refractivity contribution in [3.8, 4) is 11.4 Å². The van der Waals surface area contributed by atoms with Gasteiger partial charge in [0, 0.05) is 27.2 Å². The first-order valence-corrected chi connectivity index (χ1v) is 10.1. The van der Waals surface area contributed by atoms with Crippen molar-refractivity contribution in [2.45, 2.75) is 36.6 Å². The maximum atomic E-state index is 12.3. The van der Waals surface area contributed by atoms with E-state index < -0.39 is 0 Å². The molecule has 0 spiro atoms. The lowest BCUT2D eigenvalue weighted by Gasteiger charge is -2.28. The fourth-order valence-electron chi connectivity index (χ4n) is 3.23. The van der Waals surface area contributed by atoms with Crippen LogP contribution in [0.3, 0.4) is 0 Å². The zero-order chi connectivity index (χ0) is 19.4. The number of ether oxygens (including phenoxy) is 1. The van der Waals surface area contributed by atoms with Crippen LogP contribution in [0.5, 0.6) is 5.75 Å². The van der Waals surface area contributed by atoms with Gasteiger partial charge in [0.2, 0.25) is 11.9 Å². The number of methoxy groups -OCH3 is 1. The predicted molar refractivity (Wildman–Crippen MR) is 108 cm³/mol. The first kappa shape index (κ1) is 19.5. The van der Waals surface area contributed by atoms with Crippen LogP contribution >= 0.6 is 11.8 Å². The Labute approximate surface area is 164 Å². The van der Waals surface area contributed by atoms with Crippen LogP contribution in [0.25, 0.3) is 5.69 Å². The number of piperidine rings is 1. The van der Waals surface area contributed by atoms with Crippen molar-refractivity contribution in [1.29, 1.82) is 0 Å². The van der Waals surface area contributed by atoms with E-state index >= 15 is 0 Å². The Hall–Kier alpha value is -2.22. The van der Waals surface area contributed by atoms with E-state index in [1.807, 2.05) is 35.8 Å². The molecule has 0 N–H and O–H groups in total. The number of nitrogens with zero attached hydrogens (tertiary/aromatic N) is 5. The van der Waals surface area contributed by atoms with Gasteiger partial charge in [-0.3, -0.25) is 9.36 Å². The van der Waals surface area contributed by atoms with E-state index in [2.05, 4.69) is 15.1 Å². The summed E-state index contributed by atoms with van der Waals surface area (Å²) in [5.41, 5.74) is 0.887. The highest BCUT2D eigenvalue weighted by molar-refractivity contribution is 8.00. The number of benzene rings is 1. The van der Waals surface area contributed by atoms with Crippen molar-refractivity contribution in [1.82, 2.24) is 19.7 Å². The average Bonchev–Trinajstić information content (AvgIpc) is 3.11. The number of carbonyl (C=O) groups is 1. The molecule has 1 saturated heterocycles. The molecule has 1 aromatic carbocycles. The van der Waals surface area contributed by atoms with Gasteiger partial charge in [-0.05, 0) is 38.3 Å². The Morgan fingerprint density at radius 3 is 2.56 bits per heavy atom. The molecule has 146 valence electrons. The molecule has 1 amide bonds. The predicted octanol–water partition coefficient (Wildman–Crippen LogP) is 2.84. The third-order valence-electron chi connectivity index (χ3n) is 4.65. The fraction of sp³-hybridized carbons (Fsp3) is 0.526. The Morgan fingerprint density at radius 2 is 1.89 bits per heavy atom. The van der Waals surface area contributed by atoms with Crippen LogP contribution in [0.1, 0.15) is 26.2 Å². The maximum Gasteiger partial charge on any atom is 0.235 e. The van der Waals surface area contributed by atoms with Crippen LogP contribution in [0, 0.1) is 0 Å². The van der Waals surface area contributed by atoms with Crippen molar-refractivity contribution in [2.24, 2.45) is 0 Å². The SMILES string of the molecule is COc1ccccc1-n1c(S[C@@H](C)C(=O)N(C)C)nnc1N1CCCCC1. The summed E-state index contributed by atoms with van der Waals surface area (Å²) >= 11 is 1.42. The van der Waals surface area contributed by atoms with E-state index in [-0.39, 0.29) is 11.2 Å². The van der Waals surface area contributed by atoms with Crippen LogP contribution in [0.4, 0.5) is 5.95 Å². The van der Waals surface area contributed by atoms with Gasteiger partial charge in [0.15, 0.2) is 5.16 Å². The Balaban J connectivity index is 2.03. The molecule has 0 radical (unpaired) electrons. The second-order valence-electron chi connectivity index (χ2n) is 6.83. The number of hydrogen-bond acceptors (Lipinski definition) is 6. The number of amides is 1. The van der Waals surface area contributed by atoms with Crippen molar-refractivity contribution in [3.63, 3.8) is 0 Å². The molecule has 7 nitrogen and oxygen atoms in total. The quantitative estimate of drug-likeness (QED) is 0.708. The van der Waals surface area contributed by atoms with Crippen molar-refractivity contribution >= 4 is 23.6 Å². The smallest absolute Gasteiger partial charge is 0.235 e. The van der Waals surface area contributed by atoms with Gasteiger partial charge in [-0.2, -0.15) is 0 Å². The number of carbonyl (C=O) groups excluding carboxylic acids is 1. The molecule has 2 heterocycles. The molecule has 1 atom stereocenters. The summed E-state index contributed by atoms with van der Waals surface area (Å²) < 4.78 is 7.60. The Kier molecular flexibility index (Phi) is 6.26. The van der Waals surface area contributed by atoms with E-state index in [9.17, 15) is 4.79 Å². The summed E-state index contributed by atoms with van der Waals surface area (Å²) in [5, 5.41) is 9.36. The van der Waals surface area contributed by atoms with E-state index in [0.29, 0.717) is 5.16 Å². The lowest BCUT2D eigenvalue weighted by molar-refractivity contribution is -0.127. The molecule has 1 aromatic heterocycles. The van der Waals surface area contributed by atoms with Gasteiger partial charge < -0.3 is 14.5 Å². The van der Waals surface area contributed by atoms with Crippen LogP contribution in [0.2, 0.25) is 0 Å². The first-order chi connectivity index (χ1) is 13.0. The van der Waals surface area contributed by atoms with Gasteiger partial charge >= 0.3 is 0 Å². The molecular formula is C19H27N5O2S. The zero-order valence-electron chi connectivity index (χ0n) is 16.4. The molecule has 2 aromatic rings. The molecule has 0 bridgehead atoms. The molecule has 27 heavy (non-hydrogen) atoms. The molecule has 1 fully saturated rings. The molecule has 0 aliphatic carbocycles. The highest BCUT2D eigenvalue weighted by atomic mass is 32.2. The van der Waals surface area contributed by atoms with Crippen LogP contribution in [0.15, 0.2) is 29.4 Å². The molecule has 0 unspecified atom stereocenters. The highest BCUT2D eigenvalue weighted by Gasteiger charge is 2.26. The average molecular weight is 390 g/mol. The fourth-order valence-corrected chi connectivity index (χ4v) is 4.24. The molecule has 1 aliphatic rings. The molecule has 0 saturated carbocycles. The van der Waals surface area contributed by atoms with Crippen molar-refractivity contribution in [2.75, 3.05) is 39.2 Å². The second-order valence-corrected chi connectivity index (χ2v) is 8.14. The van der Waals surface area contributed by atoms with Crippen LogP contribution in [-0.4, -0.2) is 65.1 Å². The summed E-state index contributed by atoms with van der Waals surface area (Å²) in [6.07, 6.45) is 3.54. The Morgan fingerprint density at radius 1 is 1.19 bits per heavy atom. The van der Waals surface area contributed by atoms with Gasteiger partial charge in [0.25, 0.3) is 0 Å². The Bertz CT molecular complexity index is 786. The van der Waals surface area contributed by atoms with E-state index in [1.54, 1.807) is 26.1 Å². The normalized spacial score (nSPS) is 15.5. The first-order valence-electron chi connectivity index (χ1n) is 9.24. The number of anilines is 1. The van der Waals surface area contributed by atoms with Crippen molar-refractivity contribution in [3.05, 3.63) is 24.3 Å². The summed E-state index contributed by atoms with van der Waals surface area (Å²) in [5.74, 6) is 1.62. The monoisotopic (exact) mass is 389 g/mol. The summed E-state index contributed by atoms with van der Waals surface area (Å²) in [6.45, 7) is 3.82. The van der Waals surface area contributed by atoms with Gasteiger partial charge in [0.05, 0.1) is 18.0 Å². The number of aromatic nitrogens is 3. The minimum absolute atomic E-state index is 0.0501. The maximum absolute atomic E-state index is 12.3. The van der Waals surface area contributed by atoms with Gasteiger partial charge in [-0.25, -0.2) is 0 Å². The zero-order valence-corrected chi connectivity index (χ0v) is 17.2. The van der Waals surface area contributed by atoms with Crippen LogP contribution in [-0.2, 0) is 4.79 Å². The lowest BCUT2D eigenvalue weighted by Crippen LogP contribution is -2.32. The largest absolute Gasteiger partial charge is 0.495 e. The van der Waals surface area contributed by atoms with E-state index in [1.165, 1.54) is 18.2 Å². The van der Waals surface area contributed by atoms with Crippen molar-refractivity contribution < 1.29 is 9.53 Å². The molecule has 8 heteroatoms. The number of rotatable bonds is 6. The van der Waals surface area contributed by atoms with Gasteiger partial charge in [-0.15, -0.1) is 10.2 Å². The highest BCUT2D eigenvalue weighted by Crippen LogP contribution is 2.34. The summed E-state index contributed by atoms with van der Waals surface area (Å²) in [6, 6.07) is 7.84. The van der Waals surface area contributed by atoms with Crippen LogP contribution < -0.4 is 9.64 Å². The molecule has 3 rings (SSSR count). The van der Waals surface area contributed by atoms with Gasteiger partial charge in [-0.1, -0.05) is 23.9 Å². The minimum atomic E-state index is -0.258. The molecular weight excluding hydrogens is 362 g/mol. The standard InChI is InChI=1S/C19H27N5O2S/c1-14(17(25)22(2)3)27-19-21-20-18(23-12-8-5-9-13-23)24(19)15-10-6-7-11-16(15)26-4/h6-7,10-11,14H,5,8-9,12-13H2,1-4H3/t14-/m0/s1. The summed E-state index contributed by atoms with van der Waals surface area (Å²) in [7, 11) is 5.20. The molecule has 1 aliphatic heterocycles. The lowest BCUT2D eigenvalue weighted by atomic mass is 10.1. The number of para-hydroxylation sites is 2. The van der Waals surface area contributed by atoms with Gasteiger partial charge in [0.1, 0.15) is 5.75 Å². The third-order valence-corrected chi connectivity index (χ3v) is 5.68. The number of hydrogen-bond donors (Lipinski definition) is 0. The van der Waals surface area contributed by atoms with E-state index in [0.717, 1.165) is 43.3 Å².